The van der Waals surface area contributed by atoms with Gasteiger partial charge < -0.3 is 10.5 Å². The lowest BCUT2D eigenvalue weighted by Crippen LogP contribution is -2.20. The van der Waals surface area contributed by atoms with Crippen molar-refractivity contribution >= 4 is 17.5 Å². The molecule has 0 aromatic heterocycles. The summed E-state index contributed by atoms with van der Waals surface area (Å²) in [7, 11) is 0. The second-order valence-corrected chi connectivity index (χ2v) is 3.95. The van der Waals surface area contributed by atoms with Crippen LogP contribution in [0, 0.1) is 0 Å². The zero-order valence-corrected chi connectivity index (χ0v) is 9.07. The van der Waals surface area contributed by atoms with Crippen LogP contribution in [-0.4, -0.2) is 25.1 Å². The number of hydrogen-bond donors (Lipinski definition) is 1. The monoisotopic (exact) mass is 224 g/mol. The Hall–Kier alpha value is -1.06. The lowest BCUT2D eigenvalue weighted by atomic mass is 10.1. The molecule has 1 aliphatic rings. The van der Waals surface area contributed by atoms with E-state index in [9.17, 15) is 0 Å². The molecule has 0 radical (unpaired) electrons. The van der Waals surface area contributed by atoms with Gasteiger partial charge in [-0.3, -0.25) is 4.99 Å². The number of hydrogen-bond acceptors (Lipinski definition) is 3. The summed E-state index contributed by atoms with van der Waals surface area (Å²) < 4.78 is 5.54. The van der Waals surface area contributed by atoms with Crippen molar-refractivity contribution in [3.8, 4) is 0 Å². The molecule has 1 unspecified atom stereocenters. The Morgan fingerprint density at radius 2 is 2.40 bits per heavy atom. The van der Waals surface area contributed by atoms with E-state index in [0.717, 1.165) is 11.4 Å². The minimum absolute atomic E-state index is 0.113. The summed E-state index contributed by atoms with van der Waals surface area (Å²) in [6.45, 7) is 1.07. The second kappa shape index (κ2) is 4.64. The van der Waals surface area contributed by atoms with Gasteiger partial charge in [-0.1, -0.05) is 23.7 Å². The van der Waals surface area contributed by atoms with E-state index >= 15 is 0 Å². The molecule has 0 aliphatic carbocycles. The Balaban J connectivity index is 1.94. The highest BCUT2D eigenvalue weighted by atomic mass is 35.5. The average Bonchev–Trinajstić information content (AvgIpc) is 2.65. The quantitative estimate of drug-likeness (QED) is 0.849. The van der Waals surface area contributed by atoms with Gasteiger partial charge in [0.2, 0.25) is 0 Å². The predicted octanol–water partition coefficient (Wildman–Crippen LogP) is 1.64. The van der Waals surface area contributed by atoms with Gasteiger partial charge in [-0.2, -0.15) is 0 Å². The topological polar surface area (TPSA) is 47.6 Å². The maximum Gasteiger partial charge on any atom is 0.197 e. The Labute approximate surface area is 93.9 Å². The molecule has 1 heterocycles. The minimum atomic E-state index is 0.113. The van der Waals surface area contributed by atoms with Crippen LogP contribution in [-0.2, 0) is 11.2 Å². The molecular weight excluding hydrogens is 212 g/mol. The molecule has 0 bridgehead atoms. The van der Waals surface area contributed by atoms with Gasteiger partial charge in [-0.25, -0.2) is 0 Å². The number of halogens is 1. The molecule has 0 saturated carbocycles. The Morgan fingerprint density at radius 3 is 3.07 bits per heavy atom. The summed E-state index contributed by atoms with van der Waals surface area (Å²) >= 11 is 5.90. The Morgan fingerprint density at radius 1 is 1.53 bits per heavy atom. The summed E-state index contributed by atoms with van der Waals surface area (Å²) in [5.74, 6) is 0.655. The maximum atomic E-state index is 5.90. The number of ether oxygens (including phenoxy) is 1. The summed E-state index contributed by atoms with van der Waals surface area (Å²) in [4.78, 5) is 4.19. The molecule has 1 atom stereocenters. The summed E-state index contributed by atoms with van der Waals surface area (Å²) in [5.41, 5.74) is 6.60. The second-order valence-electron chi connectivity index (χ2n) is 3.51. The number of nitrogens with two attached hydrogens (primary N) is 1. The summed E-state index contributed by atoms with van der Waals surface area (Å²) in [5, 5.41) is 0.755. The van der Waals surface area contributed by atoms with Crippen molar-refractivity contribution in [1.29, 1.82) is 0 Å². The lowest BCUT2D eigenvalue weighted by Gasteiger charge is -2.10. The first-order chi connectivity index (χ1) is 7.28. The fourth-order valence-electron chi connectivity index (χ4n) is 1.62. The maximum absolute atomic E-state index is 5.90. The van der Waals surface area contributed by atoms with Crippen LogP contribution in [0.2, 0.25) is 5.02 Å². The molecule has 0 spiro atoms. The standard InChI is InChI=1S/C11H13ClN2O/c12-9-3-1-2-8(4-9)5-10-7-14-11(6-13)15-10/h1-4,10H,5-7,13H2. The van der Waals surface area contributed by atoms with Crippen molar-refractivity contribution in [3.63, 3.8) is 0 Å². The molecule has 80 valence electrons. The third-order valence-electron chi connectivity index (χ3n) is 2.30. The van der Waals surface area contributed by atoms with Crippen LogP contribution in [0.1, 0.15) is 5.56 Å². The number of aliphatic imine (C=N–C) groups is 1. The molecule has 15 heavy (non-hydrogen) atoms. The van der Waals surface area contributed by atoms with Gasteiger partial charge in [-0.05, 0) is 17.7 Å². The van der Waals surface area contributed by atoms with Gasteiger partial charge in [0.1, 0.15) is 6.10 Å². The largest absolute Gasteiger partial charge is 0.474 e. The fourth-order valence-corrected chi connectivity index (χ4v) is 1.83. The molecule has 1 aromatic carbocycles. The molecule has 0 amide bonds. The number of nitrogens with zero attached hydrogens (tertiary/aromatic N) is 1. The first-order valence-corrected chi connectivity index (χ1v) is 5.30. The van der Waals surface area contributed by atoms with Gasteiger partial charge in [-0.15, -0.1) is 0 Å². The fraction of sp³-hybridized carbons (Fsp3) is 0.364. The lowest BCUT2D eigenvalue weighted by molar-refractivity contribution is 0.221. The highest BCUT2D eigenvalue weighted by Crippen LogP contribution is 2.15. The van der Waals surface area contributed by atoms with Crippen molar-refractivity contribution < 1.29 is 4.74 Å². The molecule has 2 rings (SSSR count). The van der Waals surface area contributed by atoms with Crippen molar-refractivity contribution in [2.45, 2.75) is 12.5 Å². The van der Waals surface area contributed by atoms with Crippen LogP contribution in [0.15, 0.2) is 29.3 Å². The van der Waals surface area contributed by atoms with E-state index in [0.29, 0.717) is 19.0 Å². The molecule has 0 fully saturated rings. The van der Waals surface area contributed by atoms with Gasteiger partial charge in [0.15, 0.2) is 5.90 Å². The van der Waals surface area contributed by atoms with E-state index in [1.807, 2.05) is 24.3 Å². The average molecular weight is 225 g/mol. The van der Waals surface area contributed by atoms with Crippen molar-refractivity contribution in [2.24, 2.45) is 10.7 Å². The Kier molecular flexibility index (Phi) is 3.23. The van der Waals surface area contributed by atoms with Gasteiger partial charge in [0.05, 0.1) is 13.1 Å². The molecular formula is C11H13ClN2O. The minimum Gasteiger partial charge on any atom is -0.474 e. The van der Waals surface area contributed by atoms with Crippen LogP contribution < -0.4 is 5.73 Å². The summed E-state index contributed by atoms with van der Waals surface area (Å²) in [6, 6.07) is 7.79. The molecule has 0 saturated heterocycles. The van der Waals surface area contributed by atoms with Gasteiger partial charge in [0.25, 0.3) is 0 Å². The van der Waals surface area contributed by atoms with E-state index in [1.54, 1.807) is 0 Å². The third kappa shape index (κ3) is 2.70. The third-order valence-corrected chi connectivity index (χ3v) is 2.54. The zero-order valence-electron chi connectivity index (χ0n) is 8.32. The van der Waals surface area contributed by atoms with E-state index in [1.165, 1.54) is 5.56 Å². The summed E-state index contributed by atoms with van der Waals surface area (Å²) in [6.07, 6.45) is 0.940. The van der Waals surface area contributed by atoms with Gasteiger partial charge >= 0.3 is 0 Å². The first kappa shape index (κ1) is 10.5. The molecule has 4 heteroatoms. The number of benzene rings is 1. The van der Waals surface area contributed by atoms with E-state index in [-0.39, 0.29) is 6.10 Å². The first-order valence-electron chi connectivity index (χ1n) is 4.92. The van der Waals surface area contributed by atoms with Crippen molar-refractivity contribution in [3.05, 3.63) is 34.9 Å². The van der Waals surface area contributed by atoms with Crippen molar-refractivity contribution in [2.75, 3.05) is 13.1 Å². The highest BCUT2D eigenvalue weighted by Gasteiger charge is 2.18. The van der Waals surface area contributed by atoms with Crippen LogP contribution in [0.3, 0.4) is 0 Å². The van der Waals surface area contributed by atoms with Crippen LogP contribution in [0.25, 0.3) is 0 Å². The van der Waals surface area contributed by atoms with Crippen molar-refractivity contribution in [1.82, 2.24) is 0 Å². The molecule has 2 N–H and O–H groups in total. The van der Waals surface area contributed by atoms with Crippen LogP contribution >= 0.6 is 11.6 Å². The Bertz CT molecular complexity index is 379. The zero-order chi connectivity index (χ0) is 10.7. The predicted molar refractivity (Wildman–Crippen MR) is 61.4 cm³/mol. The van der Waals surface area contributed by atoms with E-state index in [2.05, 4.69) is 4.99 Å². The smallest absolute Gasteiger partial charge is 0.197 e. The molecule has 1 aliphatic heterocycles. The molecule has 1 aromatic rings. The van der Waals surface area contributed by atoms with E-state index in [4.69, 9.17) is 22.1 Å². The highest BCUT2D eigenvalue weighted by molar-refractivity contribution is 6.30. The number of rotatable bonds is 3. The SMILES string of the molecule is NCC1=NCC(Cc2cccc(Cl)c2)O1. The molecule has 3 nitrogen and oxygen atoms in total. The van der Waals surface area contributed by atoms with Crippen LogP contribution in [0.5, 0.6) is 0 Å². The van der Waals surface area contributed by atoms with Crippen LogP contribution in [0.4, 0.5) is 0 Å². The van der Waals surface area contributed by atoms with Gasteiger partial charge in [0, 0.05) is 11.4 Å². The normalized spacial score (nSPS) is 19.9. The van der Waals surface area contributed by atoms with E-state index < -0.39 is 0 Å².